The Morgan fingerprint density at radius 1 is 1.56 bits per heavy atom. The lowest BCUT2D eigenvalue weighted by atomic mass is 10.1. The zero-order valence-electron chi connectivity index (χ0n) is 5.56. The van der Waals surface area contributed by atoms with Gasteiger partial charge in [-0.2, -0.15) is 0 Å². The van der Waals surface area contributed by atoms with Gasteiger partial charge in [0.2, 0.25) is 0 Å². The van der Waals surface area contributed by atoms with Crippen LogP contribution < -0.4 is 5.32 Å². The van der Waals surface area contributed by atoms with Crippen LogP contribution in [0, 0.1) is 0 Å². The van der Waals surface area contributed by atoms with Crippen molar-refractivity contribution in [2.75, 3.05) is 20.2 Å². The molecule has 0 aliphatic carbocycles. The first-order valence-electron chi connectivity index (χ1n) is 3.20. The van der Waals surface area contributed by atoms with Gasteiger partial charge in [-0.25, -0.2) is 4.39 Å². The number of ether oxygens (including phenoxy) is 1. The maximum atomic E-state index is 12.5. The minimum atomic E-state index is -0.719. The van der Waals surface area contributed by atoms with Crippen LogP contribution in [0.25, 0.3) is 0 Å². The third-order valence-electron chi connectivity index (χ3n) is 1.59. The summed E-state index contributed by atoms with van der Waals surface area (Å²) in [5.41, 5.74) is 0. The number of hydrogen-bond acceptors (Lipinski definition) is 2. The van der Waals surface area contributed by atoms with E-state index >= 15 is 0 Å². The average Bonchev–Trinajstić information content (AvgIpc) is 1.88. The summed E-state index contributed by atoms with van der Waals surface area (Å²) in [5, 5.41) is 2.94. The number of nitrogens with one attached hydrogen (secondary N) is 1. The number of hydrogen-bond donors (Lipinski definition) is 1. The molecule has 3 heteroatoms. The highest BCUT2D eigenvalue weighted by molar-refractivity contribution is 4.75. The van der Waals surface area contributed by atoms with Gasteiger partial charge in [-0.15, -0.1) is 0 Å². The summed E-state index contributed by atoms with van der Waals surface area (Å²) >= 11 is 0. The number of methoxy groups -OCH3 is 1. The van der Waals surface area contributed by atoms with Crippen molar-refractivity contribution in [1.29, 1.82) is 0 Å². The summed E-state index contributed by atoms with van der Waals surface area (Å²) in [6.45, 7) is 1.27. The Kier molecular flexibility index (Phi) is 2.42. The molecule has 0 aromatic heterocycles. The molecule has 0 unspecified atom stereocenters. The lowest BCUT2D eigenvalue weighted by Gasteiger charge is -2.23. The molecule has 1 N–H and O–H groups in total. The van der Waals surface area contributed by atoms with E-state index in [1.54, 1.807) is 7.11 Å². The van der Waals surface area contributed by atoms with Crippen molar-refractivity contribution in [2.45, 2.75) is 18.7 Å². The van der Waals surface area contributed by atoms with Crippen molar-refractivity contribution in [2.24, 2.45) is 0 Å². The molecule has 2 atom stereocenters. The third-order valence-corrected chi connectivity index (χ3v) is 1.59. The molecule has 2 nitrogen and oxygen atoms in total. The quantitative estimate of drug-likeness (QED) is 0.556. The Labute approximate surface area is 54.4 Å². The van der Waals surface area contributed by atoms with E-state index in [0.717, 1.165) is 6.54 Å². The molecule has 1 heterocycles. The van der Waals surface area contributed by atoms with Crippen LogP contribution in [0.3, 0.4) is 0 Å². The van der Waals surface area contributed by atoms with E-state index in [4.69, 9.17) is 4.74 Å². The molecule has 0 aromatic rings. The van der Waals surface area contributed by atoms with Gasteiger partial charge in [0.15, 0.2) is 0 Å². The zero-order chi connectivity index (χ0) is 6.69. The fourth-order valence-corrected chi connectivity index (χ4v) is 1.03. The van der Waals surface area contributed by atoms with Gasteiger partial charge in [-0.3, -0.25) is 0 Å². The first kappa shape index (κ1) is 6.96. The predicted octanol–water partition coefficient (Wildman–Crippen LogP) is 0.333. The average molecular weight is 133 g/mol. The maximum absolute atomic E-state index is 12.5. The molecule has 0 radical (unpaired) electrons. The van der Waals surface area contributed by atoms with E-state index in [-0.39, 0.29) is 6.10 Å². The molecule has 1 aliphatic heterocycles. The van der Waals surface area contributed by atoms with Gasteiger partial charge in [-0.1, -0.05) is 0 Å². The largest absolute Gasteiger partial charge is 0.380 e. The standard InChI is InChI=1S/C6H12FNO/c1-9-6-2-5(7)3-8-4-6/h5-6,8H,2-4H2,1H3/t5-,6+/m1/s1. The Morgan fingerprint density at radius 3 is 2.78 bits per heavy atom. The Bertz CT molecular complexity index is 89.1. The normalized spacial score (nSPS) is 36.7. The molecule has 0 aromatic carbocycles. The highest BCUT2D eigenvalue weighted by Gasteiger charge is 2.19. The summed E-state index contributed by atoms with van der Waals surface area (Å²) in [6.07, 6.45) is -0.0961. The Balaban J connectivity index is 2.23. The van der Waals surface area contributed by atoms with Crippen LogP contribution in [0.5, 0.6) is 0 Å². The highest BCUT2D eigenvalue weighted by atomic mass is 19.1. The van der Waals surface area contributed by atoms with Crippen LogP contribution in [0.4, 0.5) is 4.39 Å². The molecule has 1 rings (SSSR count). The van der Waals surface area contributed by atoms with Gasteiger partial charge in [0.05, 0.1) is 6.10 Å². The van der Waals surface area contributed by atoms with Crippen LogP contribution >= 0.6 is 0 Å². The first-order valence-corrected chi connectivity index (χ1v) is 3.20. The van der Waals surface area contributed by atoms with Gasteiger partial charge in [0, 0.05) is 26.6 Å². The third kappa shape index (κ3) is 1.91. The summed E-state index contributed by atoms with van der Waals surface area (Å²) in [7, 11) is 1.62. The van der Waals surface area contributed by atoms with Crippen molar-refractivity contribution >= 4 is 0 Å². The molecular formula is C6H12FNO. The topological polar surface area (TPSA) is 21.3 Å². The van der Waals surface area contributed by atoms with Gasteiger partial charge < -0.3 is 10.1 Å². The number of halogens is 1. The summed E-state index contributed by atoms with van der Waals surface area (Å²) in [6, 6.07) is 0. The van der Waals surface area contributed by atoms with Gasteiger partial charge in [-0.05, 0) is 0 Å². The molecule has 0 saturated carbocycles. The van der Waals surface area contributed by atoms with E-state index in [2.05, 4.69) is 5.32 Å². The van der Waals surface area contributed by atoms with Crippen LogP contribution in [0.2, 0.25) is 0 Å². The van der Waals surface area contributed by atoms with E-state index < -0.39 is 6.17 Å². The molecule has 1 saturated heterocycles. The summed E-state index contributed by atoms with van der Waals surface area (Å²) < 4.78 is 17.4. The van der Waals surface area contributed by atoms with E-state index in [9.17, 15) is 4.39 Å². The predicted molar refractivity (Wildman–Crippen MR) is 33.2 cm³/mol. The number of rotatable bonds is 1. The molecule has 1 aliphatic rings. The molecular weight excluding hydrogens is 121 g/mol. The fourth-order valence-electron chi connectivity index (χ4n) is 1.03. The van der Waals surface area contributed by atoms with E-state index in [0.29, 0.717) is 13.0 Å². The van der Waals surface area contributed by atoms with Crippen LogP contribution in [-0.2, 0) is 4.74 Å². The molecule has 1 fully saturated rings. The molecule has 9 heavy (non-hydrogen) atoms. The highest BCUT2D eigenvalue weighted by Crippen LogP contribution is 2.08. The Hall–Kier alpha value is -0.150. The second-order valence-electron chi connectivity index (χ2n) is 2.35. The van der Waals surface area contributed by atoms with Crippen molar-refractivity contribution in [3.63, 3.8) is 0 Å². The SMILES string of the molecule is CO[C@@H]1CNC[C@H](F)C1. The summed E-state index contributed by atoms with van der Waals surface area (Å²) in [5.74, 6) is 0. The minimum Gasteiger partial charge on any atom is -0.380 e. The minimum absolute atomic E-state index is 0.0775. The molecule has 54 valence electrons. The van der Waals surface area contributed by atoms with Crippen LogP contribution in [0.15, 0.2) is 0 Å². The van der Waals surface area contributed by atoms with Crippen LogP contribution in [-0.4, -0.2) is 32.5 Å². The molecule has 0 amide bonds. The Morgan fingerprint density at radius 2 is 2.33 bits per heavy atom. The van der Waals surface area contributed by atoms with Gasteiger partial charge in [0.25, 0.3) is 0 Å². The lowest BCUT2D eigenvalue weighted by molar-refractivity contribution is 0.0514. The molecule has 0 bridgehead atoms. The van der Waals surface area contributed by atoms with Crippen molar-refractivity contribution in [3.05, 3.63) is 0 Å². The molecule has 0 spiro atoms. The van der Waals surface area contributed by atoms with Crippen LogP contribution in [0.1, 0.15) is 6.42 Å². The smallest absolute Gasteiger partial charge is 0.115 e. The van der Waals surface area contributed by atoms with Crippen molar-refractivity contribution in [3.8, 4) is 0 Å². The number of alkyl halides is 1. The lowest BCUT2D eigenvalue weighted by Crippen LogP contribution is -2.41. The van der Waals surface area contributed by atoms with E-state index in [1.807, 2.05) is 0 Å². The maximum Gasteiger partial charge on any atom is 0.115 e. The first-order chi connectivity index (χ1) is 4.33. The second-order valence-corrected chi connectivity index (χ2v) is 2.35. The van der Waals surface area contributed by atoms with Crippen molar-refractivity contribution < 1.29 is 9.13 Å². The van der Waals surface area contributed by atoms with E-state index in [1.165, 1.54) is 0 Å². The fraction of sp³-hybridized carbons (Fsp3) is 1.00. The van der Waals surface area contributed by atoms with Gasteiger partial charge in [0.1, 0.15) is 6.17 Å². The number of piperidine rings is 1. The monoisotopic (exact) mass is 133 g/mol. The zero-order valence-corrected chi connectivity index (χ0v) is 5.56. The van der Waals surface area contributed by atoms with Gasteiger partial charge >= 0.3 is 0 Å². The van der Waals surface area contributed by atoms with Crippen molar-refractivity contribution in [1.82, 2.24) is 5.32 Å². The summed E-state index contributed by atoms with van der Waals surface area (Å²) in [4.78, 5) is 0. The second kappa shape index (κ2) is 3.13.